The minimum absolute atomic E-state index is 0.370. The molecule has 0 bridgehead atoms. The van der Waals surface area contributed by atoms with Gasteiger partial charge in [-0.1, -0.05) is 12.1 Å². The molecular weight excluding hydrogens is 206 g/mol. The highest BCUT2D eigenvalue weighted by molar-refractivity contribution is 7.98. The van der Waals surface area contributed by atoms with Crippen molar-refractivity contribution in [2.45, 2.75) is 13.0 Å². The molecule has 0 saturated heterocycles. The zero-order chi connectivity index (χ0) is 11.1. The molecule has 2 nitrogen and oxygen atoms in total. The average molecular weight is 225 g/mol. The molecular formula is C12H19NOS. The van der Waals surface area contributed by atoms with Crippen molar-refractivity contribution in [1.82, 2.24) is 5.32 Å². The molecule has 0 saturated carbocycles. The molecule has 1 aromatic carbocycles. The summed E-state index contributed by atoms with van der Waals surface area (Å²) in [5, 5.41) is 3.22. The van der Waals surface area contributed by atoms with Gasteiger partial charge in [-0.2, -0.15) is 11.8 Å². The summed E-state index contributed by atoms with van der Waals surface area (Å²) < 4.78 is 5.63. The number of hydrogen-bond donors (Lipinski definition) is 1. The van der Waals surface area contributed by atoms with Crippen molar-refractivity contribution in [3.8, 4) is 5.75 Å². The summed E-state index contributed by atoms with van der Waals surface area (Å²) in [6, 6.07) is 8.63. The van der Waals surface area contributed by atoms with Crippen LogP contribution in [0.15, 0.2) is 24.3 Å². The second-order valence-corrected chi connectivity index (χ2v) is 4.41. The zero-order valence-electron chi connectivity index (χ0n) is 9.62. The highest BCUT2D eigenvalue weighted by Gasteiger charge is 2.03. The number of rotatable bonds is 6. The van der Waals surface area contributed by atoms with Gasteiger partial charge in [0.15, 0.2) is 0 Å². The van der Waals surface area contributed by atoms with Crippen LogP contribution in [-0.2, 0) is 0 Å². The van der Waals surface area contributed by atoms with E-state index in [2.05, 4.69) is 30.6 Å². The highest BCUT2D eigenvalue weighted by Crippen LogP contribution is 2.18. The molecule has 0 radical (unpaired) electrons. The maximum absolute atomic E-state index is 5.63. The molecule has 1 unspecified atom stereocenters. The van der Waals surface area contributed by atoms with Crippen molar-refractivity contribution >= 4 is 11.8 Å². The topological polar surface area (TPSA) is 21.3 Å². The van der Waals surface area contributed by atoms with Gasteiger partial charge in [0.05, 0.1) is 6.61 Å². The first-order valence-corrected chi connectivity index (χ1v) is 6.56. The normalized spacial score (nSPS) is 12.5. The summed E-state index contributed by atoms with van der Waals surface area (Å²) in [4.78, 5) is 0. The van der Waals surface area contributed by atoms with E-state index in [1.165, 1.54) is 5.56 Å². The van der Waals surface area contributed by atoms with E-state index in [0.29, 0.717) is 6.04 Å². The molecule has 0 amide bonds. The smallest absolute Gasteiger partial charge is 0.119 e. The van der Waals surface area contributed by atoms with Gasteiger partial charge < -0.3 is 10.1 Å². The Labute approximate surface area is 96.4 Å². The van der Waals surface area contributed by atoms with Crippen molar-refractivity contribution in [3.63, 3.8) is 0 Å². The number of hydrogen-bond acceptors (Lipinski definition) is 3. The van der Waals surface area contributed by atoms with Gasteiger partial charge in [-0.05, 0) is 37.9 Å². The first-order chi connectivity index (χ1) is 7.27. The minimum atomic E-state index is 0.370. The lowest BCUT2D eigenvalue weighted by Gasteiger charge is -2.12. The summed E-state index contributed by atoms with van der Waals surface area (Å²) in [6.07, 6.45) is 2.09. The van der Waals surface area contributed by atoms with Gasteiger partial charge >= 0.3 is 0 Å². The Morgan fingerprint density at radius 3 is 2.93 bits per heavy atom. The van der Waals surface area contributed by atoms with Crippen LogP contribution in [0.3, 0.4) is 0 Å². The van der Waals surface area contributed by atoms with Crippen LogP contribution in [0.4, 0.5) is 0 Å². The lowest BCUT2D eigenvalue weighted by molar-refractivity contribution is 0.343. The van der Waals surface area contributed by atoms with E-state index in [1.807, 2.05) is 19.2 Å². The molecule has 0 aliphatic carbocycles. The van der Waals surface area contributed by atoms with Crippen LogP contribution in [0.25, 0.3) is 0 Å². The lowest BCUT2D eigenvalue weighted by Crippen LogP contribution is -2.12. The monoisotopic (exact) mass is 225 g/mol. The summed E-state index contributed by atoms with van der Waals surface area (Å²) in [5.74, 6) is 2.00. The van der Waals surface area contributed by atoms with Crippen LogP contribution < -0.4 is 10.1 Å². The fourth-order valence-corrected chi connectivity index (χ4v) is 1.53. The Balaban J connectivity index is 2.57. The molecule has 0 aliphatic rings. The number of ether oxygens (including phenoxy) is 1. The molecule has 0 spiro atoms. The second kappa shape index (κ2) is 6.75. The van der Waals surface area contributed by atoms with E-state index >= 15 is 0 Å². The minimum Gasteiger partial charge on any atom is -0.493 e. The summed E-state index contributed by atoms with van der Waals surface area (Å²) in [5.41, 5.74) is 1.26. The molecule has 84 valence electrons. The fourth-order valence-electron chi connectivity index (χ4n) is 1.28. The number of thioether (sulfide) groups is 1. The van der Waals surface area contributed by atoms with E-state index in [4.69, 9.17) is 4.74 Å². The third kappa shape index (κ3) is 4.14. The maximum Gasteiger partial charge on any atom is 0.119 e. The van der Waals surface area contributed by atoms with E-state index in [1.54, 1.807) is 11.8 Å². The van der Waals surface area contributed by atoms with Gasteiger partial charge in [-0.25, -0.2) is 0 Å². The first kappa shape index (κ1) is 12.4. The molecule has 0 aliphatic heterocycles. The van der Waals surface area contributed by atoms with Gasteiger partial charge in [0.2, 0.25) is 0 Å². The Hall–Kier alpha value is -0.670. The van der Waals surface area contributed by atoms with Crippen LogP contribution in [0.5, 0.6) is 5.75 Å². The highest BCUT2D eigenvalue weighted by atomic mass is 32.2. The molecule has 1 aromatic rings. The largest absolute Gasteiger partial charge is 0.493 e. The maximum atomic E-state index is 5.63. The van der Waals surface area contributed by atoms with Crippen LogP contribution in [0.1, 0.15) is 18.5 Å². The quantitative estimate of drug-likeness (QED) is 0.752. The van der Waals surface area contributed by atoms with Gasteiger partial charge in [0.25, 0.3) is 0 Å². The van der Waals surface area contributed by atoms with Gasteiger partial charge in [-0.3, -0.25) is 0 Å². The van der Waals surface area contributed by atoms with Crippen molar-refractivity contribution in [2.75, 3.05) is 25.7 Å². The van der Waals surface area contributed by atoms with Gasteiger partial charge in [-0.15, -0.1) is 0 Å². The molecule has 0 fully saturated rings. The predicted molar refractivity (Wildman–Crippen MR) is 67.8 cm³/mol. The molecule has 0 heterocycles. The summed E-state index contributed by atoms with van der Waals surface area (Å²) in [6.45, 7) is 2.92. The Bertz CT molecular complexity index is 291. The summed E-state index contributed by atoms with van der Waals surface area (Å²) in [7, 11) is 1.96. The molecule has 15 heavy (non-hydrogen) atoms. The van der Waals surface area contributed by atoms with Crippen LogP contribution in [0, 0.1) is 0 Å². The lowest BCUT2D eigenvalue weighted by atomic mass is 10.1. The third-order valence-electron chi connectivity index (χ3n) is 2.35. The fraction of sp³-hybridized carbons (Fsp3) is 0.500. The van der Waals surface area contributed by atoms with Crippen molar-refractivity contribution in [2.24, 2.45) is 0 Å². The van der Waals surface area contributed by atoms with E-state index in [-0.39, 0.29) is 0 Å². The summed E-state index contributed by atoms with van der Waals surface area (Å²) >= 11 is 1.80. The van der Waals surface area contributed by atoms with Gasteiger partial charge in [0, 0.05) is 11.8 Å². The Morgan fingerprint density at radius 1 is 1.47 bits per heavy atom. The molecule has 1 N–H and O–H groups in total. The van der Waals surface area contributed by atoms with Crippen LogP contribution in [-0.4, -0.2) is 25.7 Å². The molecule has 1 rings (SSSR count). The first-order valence-electron chi connectivity index (χ1n) is 5.17. The van der Waals surface area contributed by atoms with E-state index < -0.39 is 0 Å². The van der Waals surface area contributed by atoms with Crippen LogP contribution in [0.2, 0.25) is 0 Å². The third-order valence-corrected chi connectivity index (χ3v) is 2.92. The van der Waals surface area contributed by atoms with E-state index in [9.17, 15) is 0 Å². The van der Waals surface area contributed by atoms with Crippen molar-refractivity contribution in [1.29, 1.82) is 0 Å². The van der Waals surface area contributed by atoms with Crippen molar-refractivity contribution in [3.05, 3.63) is 29.8 Å². The zero-order valence-corrected chi connectivity index (χ0v) is 10.4. The SMILES string of the molecule is CNC(C)c1cccc(OCCSC)c1. The number of nitrogens with one attached hydrogen (secondary N) is 1. The van der Waals surface area contributed by atoms with Gasteiger partial charge in [0.1, 0.15) is 5.75 Å². The molecule has 1 atom stereocenters. The molecule has 0 aromatic heterocycles. The van der Waals surface area contributed by atoms with Crippen LogP contribution >= 0.6 is 11.8 Å². The Kier molecular flexibility index (Phi) is 5.58. The number of benzene rings is 1. The second-order valence-electron chi connectivity index (χ2n) is 3.42. The average Bonchev–Trinajstić information content (AvgIpc) is 2.29. The van der Waals surface area contributed by atoms with Crippen molar-refractivity contribution < 1.29 is 4.74 Å². The Morgan fingerprint density at radius 2 is 2.27 bits per heavy atom. The van der Waals surface area contributed by atoms with E-state index in [0.717, 1.165) is 18.1 Å². The predicted octanol–water partition coefficient (Wildman–Crippen LogP) is 2.71. The standard InChI is InChI=1S/C12H19NOS/c1-10(13-2)11-5-4-6-12(9-11)14-7-8-15-3/h4-6,9-10,13H,7-8H2,1-3H3. The molecule has 3 heteroatoms.